The molecule has 0 radical (unpaired) electrons. The molecule has 5 heterocycles. The van der Waals surface area contributed by atoms with Crippen LogP contribution in [0.2, 0.25) is 0 Å². The van der Waals surface area contributed by atoms with Crippen molar-refractivity contribution in [3.63, 3.8) is 0 Å². The van der Waals surface area contributed by atoms with Crippen molar-refractivity contribution >= 4 is 45.5 Å². The number of esters is 1. The number of aliphatic hydroxyl groups excluding tert-OH is 1. The molecular formula is C55H83N3O17S. The van der Waals surface area contributed by atoms with Gasteiger partial charge in [0, 0.05) is 77.0 Å². The molecule has 6 aliphatic rings. The highest BCUT2D eigenvalue weighted by atomic mass is 32.2. The van der Waals surface area contributed by atoms with Gasteiger partial charge in [-0.05, 0) is 107 Å². The van der Waals surface area contributed by atoms with Crippen LogP contribution in [0.4, 0.5) is 4.79 Å². The topological polar surface area (TPSA) is 269 Å². The van der Waals surface area contributed by atoms with Crippen molar-refractivity contribution in [3.8, 4) is 0 Å². The lowest BCUT2D eigenvalue weighted by Crippen LogP contribution is -2.65. The number of fused-ring (bicyclic) bond motifs is 3. The fourth-order valence-corrected chi connectivity index (χ4v) is 13.1. The number of ether oxygens (including phenoxy) is 7. The van der Waals surface area contributed by atoms with Gasteiger partial charge in [0.15, 0.2) is 5.78 Å². The van der Waals surface area contributed by atoms with Crippen LogP contribution in [0.3, 0.4) is 0 Å². The van der Waals surface area contributed by atoms with Crippen LogP contribution in [-0.2, 0) is 67.3 Å². The Hall–Kier alpha value is -4.19. The van der Waals surface area contributed by atoms with Gasteiger partial charge in [0.05, 0.1) is 24.9 Å². The summed E-state index contributed by atoms with van der Waals surface area (Å²) in [4.78, 5) is 85.9. The quantitative estimate of drug-likeness (QED) is 0.138. The van der Waals surface area contributed by atoms with Gasteiger partial charge < -0.3 is 48.3 Å². The Labute approximate surface area is 448 Å². The molecule has 426 valence electrons. The van der Waals surface area contributed by atoms with Crippen LogP contribution in [0, 0.1) is 41.4 Å². The fraction of sp³-hybridized carbons (Fsp3) is 0.745. The van der Waals surface area contributed by atoms with Crippen LogP contribution in [0.25, 0.3) is 0 Å². The maximum atomic E-state index is 14.6. The molecule has 76 heavy (non-hydrogen) atoms. The molecule has 21 heteroatoms. The highest BCUT2D eigenvalue weighted by Crippen LogP contribution is 2.46. The zero-order valence-corrected chi connectivity index (χ0v) is 46.5. The number of hydrogen-bond acceptors (Lipinski definition) is 17. The number of piperidine rings is 1. The average Bonchev–Trinajstić information content (AvgIpc) is 3.89. The summed E-state index contributed by atoms with van der Waals surface area (Å²) in [7, 11) is 0.116. The number of aliphatic hydroxyl groups is 2. The predicted octanol–water partition coefficient (Wildman–Crippen LogP) is 4.76. The Balaban J connectivity index is 1.29. The zero-order chi connectivity index (χ0) is 55.6. The number of rotatable bonds is 9. The molecule has 20 nitrogen and oxygen atoms in total. The van der Waals surface area contributed by atoms with Crippen LogP contribution < -0.4 is 9.44 Å². The van der Waals surface area contributed by atoms with E-state index in [1.54, 1.807) is 40.9 Å². The molecule has 4 saturated heterocycles. The lowest BCUT2D eigenvalue weighted by Gasteiger charge is -2.50. The van der Waals surface area contributed by atoms with Crippen molar-refractivity contribution in [2.24, 2.45) is 41.4 Å². The molecule has 2 amide bonds. The Morgan fingerprint density at radius 1 is 0.882 bits per heavy atom. The van der Waals surface area contributed by atoms with E-state index < -0.39 is 124 Å². The number of hydrogen-bond donors (Lipinski definition) is 4. The smallest absolute Gasteiger partial charge is 0.422 e. The minimum Gasteiger partial charge on any atom is -0.460 e. The lowest BCUT2D eigenvalue weighted by molar-refractivity contribution is -0.266. The molecule has 17 atom stereocenters. The van der Waals surface area contributed by atoms with E-state index in [2.05, 4.69) is 4.72 Å². The first-order chi connectivity index (χ1) is 36.0. The monoisotopic (exact) mass is 1090 g/mol. The Morgan fingerprint density at radius 2 is 1.63 bits per heavy atom. The second-order valence-electron chi connectivity index (χ2n) is 22.2. The van der Waals surface area contributed by atoms with Gasteiger partial charge in [-0.3, -0.25) is 19.2 Å². The van der Waals surface area contributed by atoms with Gasteiger partial charge in [-0.2, -0.15) is 13.1 Å². The third-order valence-electron chi connectivity index (χ3n) is 16.6. The van der Waals surface area contributed by atoms with Gasteiger partial charge in [-0.15, -0.1) is 0 Å². The molecule has 0 aromatic rings. The first-order valence-electron chi connectivity index (χ1n) is 27.1. The Bertz CT molecular complexity index is 2310. The largest absolute Gasteiger partial charge is 0.460 e. The maximum absolute atomic E-state index is 14.6. The van der Waals surface area contributed by atoms with Crippen molar-refractivity contribution in [1.29, 1.82) is 0 Å². The number of nitrogens with zero attached hydrogens (tertiary/aromatic N) is 1. The minimum atomic E-state index is -4.25. The molecule has 0 aromatic carbocycles. The van der Waals surface area contributed by atoms with E-state index in [1.807, 2.05) is 48.9 Å². The summed E-state index contributed by atoms with van der Waals surface area (Å²) in [6.07, 6.45) is 7.83. The molecule has 6 bridgehead atoms. The van der Waals surface area contributed by atoms with Crippen LogP contribution in [-0.4, -0.2) is 161 Å². The Morgan fingerprint density at radius 3 is 2.32 bits per heavy atom. The number of Topliss-reactive ketones (excluding diaryl/α,β-unsaturated/α-hetero) is 3. The van der Waals surface area contributed by atoms with Gasteiger partial charge >= 0.3 is 22.3 Å². The average molecular weight is 1090 g/mol. The van der Waals surface area contributed by atoms with Gasteiger partial charge in [0.1, 0.15) is 36.2 Å². The number of methoxy groups -OCH3 is 3. The maximum Gasteiger partial charge on any atom is 0.422 e. The van der Waals surface area contributed by atoms with Crippen LogP contribution in [0.1, 0.15) is 119 Å². The molecule has 6 rings (SSSR count). The van der Waals surface area contributed by atoms with Gasteiger partial charge in [0.2, 0.25) is 5.79 Å². The SMILES string of the molecule is CO[C@H]1C[C@@H]2CC[C@@H](C)[C@@](O)(O2)C(=O)C(=O)N2CCCC3[C@H]2C(=O)O[C@@H](CC(=O)[C@H](C)/C=C(\C)[C@@H](O)[C@@H](OC)C(=O)[C@H](C)C[C@H](C)/C=C/C=C/C=C/1C)[C@H]3C[C@@H]1CC[C@@H](OC(=O)NS(=O)(=O)N[C@H]2CCOC2)[C@H](OC)C1. The van der Waals surface area contributed by atoms with Gasteiger partial charge in [-0.1, -0.05) is 64.2 Å². The second-order valence-corrected chi connectivity index (χ2v) is 23.6. The predicted molar refractivity (Wildman–Crippen MR) is 277 cm³/mol. The van der Waals surface area contributed by atoms with Crippen molar-refractivity contribution in [2.45, 2.75) is 179 Å². The standard InChI is InChI=1S/C55H83N3O17S/c1-31-14-11-10-12-15-32(2)44(69-7)28-39-19-17-36(6)55(66,75-39)51(62)52(63)58-22-13-16-40-41(26-37-18-20-43(46(27-37)70-8)74-54(65)57-76(67,68)56-38-21-23-72-30-38)45(73-53(64)47(40)58)29-42(59)33(3)25-35(5)49(61)50(71-9)48(60)34(4)24-31/h10-12,14-15,25,31,33-34,36-41,43-47,49-50,56,61,66H,13,16-24,26-30H2,1-9H3,(H,57,65)/b12-10+,14-11+,32-15+,35-25+/t31-,33-,34-,36-,37+,38+,39+,40?,41+,43-,44+,45+,46-,47+,49-,50+,55-/m1/s1. The lowest BCUT2D eigenvalue weighted by atomic mass is 9.68. The zero-order valence-electron chi connectivity index (χ0n) is 45.7. The number of nitrogens with one attached hydrogen (secondary N) is 2. The van der Waals surface area contributed by atoms with Crippen molar-refractivity contribution in [3.05, 3.63) is 47.6 Å². The summed E-state index contributed by atoms with van der Waals surface area (Å²) >= 11 is 0. The van der Waals surface area contributed by atoms with Crippen molar-refractivity contribution in [2.75, 3.05) is 41.1 Å². The molecular weight excluding hydrogens is 1010 g/mol. The number of ketones is 3. The van der Waals surface area contributed by atoms with Crippen molar-refractivity contribution in [1.82, 2.24) is 14.3 Å². The summed E-state index contributed by atoms with van der Waals surface area (Å²) in [5, 5.41) is 23.7. The number of allylic oxidation sites excluding steroid dienone is 6. The first kappa shape index (κ1) is 61.0. The molecule has 1 unspecified atom stereocenters. The summed E-state index contributed by atoms with van der Waals surface area (Å²) in [6.45, 7) is 11.2. The number of amides is 2. The summed E-state index contributed by atoms with van der Waals surface area (Å²) in [6, 6.07) is -1.72. The number of carbonyl (C=O) groups is 6. The Kier molecular flexibility index (Phi) is 21.8. The molecule has 5 aliphatic heterocycles. The van der Waals surface area contributed by atoms with E-state index in [1.165, 1.54) is 19.1 Å². The molecule has 4 N–H and O–H groups in total. The third-order valence-corrected chi connectivity index (χ3v) is 17.7. The van der Waals surface area contributed by atoms with Crippen LogP contribution >= 0.6 is 0 Å². The number of carbonyl (C=O) groups excluding carboxylic acids is 6. The van der Waals surface area contributed by atoms with Gasteiger partial charge in [0.25, 0.3) is 11.7 Å². The van der Waals surface area contributed by atoms with E-state index in [-0.39, 0.29) is 55.8 Å². The van der Waals surface area contributed by atoms with E-state index in [0.717, 1.165) is 5.57 Å². The van der Waals surface area contributed by atoms with Gasteiger partial charge in [-0.25, -0.2) is 14.3 Å². The first-order valence-corrected chi connectivity index (χ1v) is 28.6. The summed E-state index contributed by atoms with van der Waals surface area (Å²) in [5.41, 5.74) is 1.19. The summed E-state index contributed by atoms with van der Waals surface area (Å²) in [5.74, 6) is -9.53. The van der Waals surface area contributed by atoms with E-state index >= 15 is 0 Å². The highest BCUT2D eigenvalue weighted by molar-refractivity contribution is 7.88. The molecule has 0 aromatic heterocycles. The van der Waals surface area contributed by atoms with E-state index in [4.69, 9.17) is 33.2 Å². The molecule has 1 saturated carbocycles. The molecule has 1 aliphatic carbocycles. The normalized spacial score (nSPS) is 40.3. The summed E-state index contributed by atoms with van der Waals surface area (Å²) < 4.78 is 70.2. The fourth-order valence-electron chi connectivity index (χ4n) is 12.2. The van der Waals surface area contributed by atoms with Crippen molar-refractivity contribution < 1.29 is 80.6 Å². The highest BCUT2D eigenvalue weighted by Gasteiger charge is 2.57. The molecule has 5 fully saturated rings. The minimum absolute atomic E-state index is 0.0130. The van der Waals surface area contributed by atoms with Crippen LogP contribution in [0.15, 0.2) is 47.6 Å². The third kappa shape index (κ3) is 15.1. The van der Waals surface area contributed by atoms with E-state index in [0.29, 0.717) is 70.0 Å². The molecule has 0 spiro atoms. The second kappa shape index (κ2) is 27.1. The van der Waals surface area contributed by atoms with E-state index in [9.17, 15) is 47.4 Å². The van der Waals surface area contributed by atoms with Crippen LogP contribution in [0.5, 0.6) is 0 Å².